The van der Waals surface area contributed by atoms with Gasteiger partial charge in [0.15, 0.2) is 0 Å². The van der Waals surface area contributed by atoms with E-state index >= 15 is 0 Å². The Balaban J connectivity index is 1.50. The molecule has 1 unspecified atom stereocenters. The summed E-state index contributed by atoms with van der Waals surface area (Å²) in [6.07, 6.45) is 4.94. The number of carbonyl (C=O) groups excluding carboxylic acids is 2. The highest BCUT2D eigenvalue weighted by molar-refractivity contribution is 5.89. The van der Waals surface area contributed by atoms with Crippen LogP contribution < -0.4 is 0 Å². The summed E-state index contributed by atoms with van der Waals surface area (Å²) >= 11 is 0. The SMILES string of the molecule is O=C(O)CC1CN(C(=O)C2CC(=O)N(C3CCCC3)C2)C1. The topological polar surface area (TPSA) is 77.9 Å². The average molecular weight is 294 g/mol. The van der Waals surface area contributed by atoms with Gasteiger partial charge in [0.2, 0.25) is 11.8 Å². The molecule has 0 aromatic rings. The van der Waals surface area contributed by atoms with Crippen molar-refractivity contribution in [1.29, 1.82) is 0 Å². The van der Waals surface area contributed by atoms with Crippen molar-refractivity contribution in [3.63, 3.8) is 0 Å². The molecular weight excluding hydrogens is 272 g/mol. The van der Waals surface area contributed by atoms with Crippen LogP contribution in [-0.4, -0.2) is 58.4 Å². The fourth-order valence-electron chi connectivity index (χ4n) is 3.85. The van der Waals surface area contributed by atoms with Crippen LogP contribution in [-0.2, 0) is 14.4 Å². The molecule has 2 aliphatic heterocycles. The second kappa shape index (κ2) is 5.66. The highest BCUT2D eigenvalue weighted by Crippen LogP contribution is 2.31. The average Bonchev–Trinajstić information content (AvgIpc) is 3.00. The third kappa shape index (κ3) is 2.89. The van der Waals surface area contributed by atoms with Crippen LogP contribution in [0.5, 0.6) is 0 Å². The summed E-state index contributed by atoms with van der Waals surface area (Å²) in [4.78, 5) is 38.7. The van der Waals surface area contributed by atoms with E-state index < -0.39 is 5.97 Å². The molecular formula is C15H22N2O4. The number of rotatable bonds is 4. The first-order valence-corrected chi connectivity index (χ1v) is 7.84. The van der Waals surface area contributed by atoms with Crippen LogP contribution in [0.4, 0.5) is 0 Å². The minimum Gasteiger partial charge on any atom is -0.481 e. The van der Waals surface area contributed by atoms with Gasteiger partial charge in [-0.05, 0) is 12.8 Å². The molecule has 0 bridgehead atoms. The number of carbonyl (C=O) groups is 3. The predicted octanol–water partition coefficient (Wildman–Crippen LogP) is 0.711. The lowest BCUT2D eigenvalue weighted by molar-refractivity contribution is -0.147. The molecule has 3 aliphatic rings. The summed E-state index contributed by atoms with van der Waals surface area (Å²) < 4.78 is 0. The molecule has 3 rings (SSSR count). The summed E-state index contributed by atoms with van der Waals surface area (Å²) in [5.41, 5.74) is 0. The van der Waals surface area contributed by atoms with Gasteiger partial charge in [0.05, 0.1) is 12.3 Å². The Kier molecular flexibility index (Phi) is 3.87. The van der Waals surface area contributed by atoms with Crippen LogP contribution in [0.1, 0.15) is 38.5 Å². The Morgan fingerprint density at radius 3 is 2.43 bits per heavy atom. The molecule has 3 fully saturated rings. The van der Waals surface area contributed by atoms with Gasteiger partial charge < -0.3 is 14.9 Å². The van der Waals surface area contributed by atoms with Crippen molar-refractivity contribution in [2.45, 2.75) is 44.6 Å². The number of nitrogens with zero attached hydrogens (tertiary/aromatic N) is 2. The first-order valence-electron chi connectivity index (χ1n) is 7.84. The van der Waals surface area contributed by atoms with E-state index in [1.54, 1.807) is 4.90 Å². The smallest absolute Gasteiger partial charge is 0.303 e. The van der Waals surface area contributed by atoms with Gasteiger partial charge in [0.1, 0.15) is 0 Å². The maximum absolute atomic E-state index is 12.4. The molecule has 1 saturated carbocycles. The molecule has 0 aromatic heterocycles. The maximum Gasteiger partial charge on any atom is 0.303 e. The summed E-state index contributed by atoms with van der Waals surface area (Å²) in [6, 6.07) is 0.339. The lowest BCUT2D eigenvalue weighted by Gasteiger charge is -2.40. The van der Waals surface area contributed by atoms with E-state index in [1.165, 1.54) is 12.8 Å². The lowest BCUT2D eigenvalue weighted by Crippen LogP contribution is -2.53. The lowest BCUT2D eigenvalue weighted by atomic mass is 9.94. The third-order valence-electron chi connectivity index (χ3n) is 5.01. The van der Waals surface area contributed by atoms with Crippen LogP contribution in [0.15, 0.2) is 0 Å². The quantitative estimate of drug-likeness (QED) is 0.828. The van der Waals surface area contributed by atoms with Crippen molar-refractivity contribution in [3.05, 3.63) is 0 Å². The molecule has 2 heterocycles. The molecule has 6 nitrogen and oxygen atoms in total. The zero-order chi connectivity index (χ0) is 15.0. The number of hydrogen-bond acceptors (Lipinski definition) is 3. The normalized spacial score (nSPS) is 27.2. The van der Waals surface area contributed by atoms with E-state index in [0.717, 1.165) is 12.8 Å². The molecule has 21 heavy (non-hydrogen) atoms. The molecule has 0 radical (unpaired) electrons. The Hall–Kier alpha value is -1.59. The second-order valence-electron chi connectivity index (χ2n) is 6.59. The molecule has 0 aromatic carbocycles. The van der Waals surface area contributed by atoms with Gasteiger partial charge in [-0.1, -0.05) is 12.8 Å². The van der Waals surface area contributed by atoms with Crippen LogP contribution in [0.2, 0.25) is 0 Å². The summed E-state index contributed by atoms with van der Waals surface area (Å²) in [6.45, 7) is 1.61. The van der Waals surface area contributed by atoms with Crippen LogP contribution in [0.25, 0.3) is 0 Å². The van der Waals surface area contributed by atoms with E-state index in [9.17, 15) is 14.4 Å². The van der Waals surface area contributed by atoms with Crippen molar-refractivity contribution in [2.24, 2.45) is 11.8 Å². The highest BCUT2D eigenvalue weighted by atomic mass is 16.4. The fraction of sp³-hybridized carbons (Fsp3) is 0.800. The molecule has 1 atom stereocenters. The standard InChI is InChI=1S/C15H22N2O4/c18-13-6-11(9-17(13)12-3-1-2-4-12)15(21)16-7-10(8-16)5-14(19)20/h10-12H,1-9H2,(H,19,20). The van der Waals surface area contributed by atoms with Crippen molar-refractivity contribution >= 4 is 17.8 Å². The second-order valence-corrected chi connectivity index (χ2v) is 6.59. The number of carboxylic acid groups (broad SMARTS) is 1. The summed E-state index contributed by atoms with van der Waals surface area (Å²) in [5.74, 6) is -0.803. The van der Waals surface area contributed by atoms with Crippen LogP contribution in [0.3, 0.4) is 0 Å². The Bertz CT molecular complexity index is 453. The zero-order valence-electron chi connectivity index (χ0n) is 12.2. The fourth-order valence-corrected chi connectivity index (χ4v) is 3.85. The van der Waals surface area contributed by atoms with Crippen LogP contribution in [0, 0.1) is 11.8 Å². The largest absolute Gasteiger partial charge is 0.481 e. The number of hydrogen-bond donors (Lipinski definition) is 1. The third-order valence-corrected chi connectivity index (χ3v) is 5.01. The van der Waals surface area contributed by atoms with Crippen molar-refractivity contribution in [2.75, 3.05) is 19.6 Å². The van der Waals surface area contributed by atoms with Crippen molar-refractivity contribution in [3.8, 4) is 0 Å². The molecule has 1 aliphatic carbocycles. The molecule has 1 N–H and O–H groups in total. The monoisotopic (exact) mass is 294 g/mol. The van der Waals surface area contributed by atoms with E-state index in [-0.39, 0.29) is 30.1 Å². The van der Waals surface area contributed by atoms with Gasteiger partial charge in [-0.2, -0.15) is 0 Å². The Labute approximate surface area is 124 Å². The predicted molar refractivity (Wildman–Crippen MR) is 74.4 cm³/mol. The maximum atomic E-state index is 12.4. The van der Waals surface area contributed by atoms with Gasteiger partial charge in [0.25, 0.3) is 0 Å². The zero-order valence-corrected chi connectivity index (χ0v) is 12.2. The molecule has 2 saturated heterocycles. The first kappa shape index (κ1) is 14.4. The van der Waals surface area contributed by atoms with Gasteiger partial charge >= 0.3 is 5.97 Å². The van der Waals surface area contributed by atoms with Crippen molar-refractivity contribution < 1.29 is 19.5 Å². The molecule has 0 spiro atoms. The van der Waals surface area contributed by atoms with Gasteiger partial charge in [-0.3, -0.25) is 14.4 Å². The van der Waals surface area contributed by atoms with Gasteiger partial charge in [0, 0.05) is 38.0 Å². The van der Waals surface area contributed by atoms with Gasteiger partial charge in [-0.15, -0.1) is 0 Å². The molecule has 6 heteroatoms. The summed E-state index contributed by atoms with van der Waals surface area (Å²) in [5, 5.41) is 8.72. The molecule has 116 valence electrons. The minimum absolute atomic E-state index is 0.0329. The Morgan fingerprint density at radius 1 is 1.14 bits per heavy atom. The first-order chi connectivity index (χ1) is 10.0. The minimum atomic E-state index is -0.810. The van der Waals surface area contributed by atoms with E-state index in [2.05, 4.69) is 0 Å². The van der Waals surface area contributed by atoms with Crippen LogP contribution >= 0.6 is 0 Å². The van der Waals surface area contributed by atoms with E-state index in [1.807, 2.05) is 4.90 Å². The number of aliphatic carboxylic acids is 1. The summed E-state index contributed by atoms with van der Waals surface area (Å²) in [7, 11) is 0. The number of likely N-dealkylation sites (tertiary alicyclic amines) is 2. The molecule has 2 amide bonds. The number of amides is 2. The van der Waals surface area contributed by atoms with E-state index in [4.69, 9.17) is 5.11 Å². The Morgan fingerprint density at radius 2 is 1.81 bits per heavy atom. The van der Waals surface area contributed by atoms with Crippen molar-refractivity contribution in [1.82, 2.24) is 9.80 Å². The number of carboxylic acids is 1. The highest BCUT2D eigenvalue weighted by Gasteiger charge is 2.42. The van der Waals surface area contributed by atoms with E-state index in [0.29, 0.717) is 32.1 Å². The van der Waals surface area contributed by atoms with Gasteiger partial charge in [-0.25, -0.2) is 0 Å².